The van der Waals surface area contributed by atoms with E-state index in [1.807, 2.05) is 5.92 Å². The number of hydrogen-bond donors (Lipinski definition) is 0. The number of allylic oxidation sites excluding steroid dienone is 1. The van der Waals surface area contributed by atoms with Crippen molar-refractivity contribution in [1.29, 1.82) is 0 Å². The van der Waals surface area contributed by atoms with Gasteiger partial charge in [0.25, 0.3) is 0 Å². The Hall–Kier alpha value is -0.181. The normalized spacial score (nSPS) is 3.00. The maximum absolute atomic E-state index is 6.08. The van der Waals surface area contributed by atoms with Gasteiger partial charge in [0, 0.05) is 0 Å². The average Bonchev–Trinajstić information content (AvgIpc) is 1.37. The van der Waals surface area contributed by atoms with E-state index < -0.39 is 0 Å². The van der Waals surface area contributed by atoms with Gasteiger partial charge in [0.2, 0.25) is 0 Å². The zero-order valence-corrected chi connectivity index (χ0v) is 3.53. The zero-order valence-electron chi connectivity index (χ0n) is 2.59. The quantitative estimate of drug-likeness (QED) is 0.248. The van der Waals surface area contributed by atoms with Crippen molar-refractivity contribution in [2.45, 2.75) is 0 Å². The molecule has 0 amide bonds. The van der Waals surface area contributed by atoms with E-state index in [-0.39, 0.29) is 17.1 Å². The van der Waals surface area contributed by atoms with Gasteiger partial charge in [-0.3, -0.25) is 5.92 Å². The van der Waals surface area contributed by atoms with E-state index in [0.29, 0.717) is 0 Å². The first kappa shape index (κ1) is 8.84. The van der Waals surface area contributed by atoms with E-state index >= 15 is 0 Å². The summed E-state index contributed by atoms with van der Waals surface area (Å²) in [6.45, 7) is 3.18. The van der Waals surface area contributed by atoms with Gasteiger partial charge in [-0.25, -0.2) is 0 Å². The molecule has 0 saturated heterocycles. The molecule has 0 unspecified atom stereocenters. The van der Waals surface area contributed by atoms with Crippen LogP contribution in [0.5, 0.6) is 0 Å². The van der Waals surface area contributed by atoms with Gasteiger partial charge >= 0.3 is 17.1 Å². The first-order valence-corrected chi connectivity index (χ1v) is 0.947. The average molecular weight is 115 g/mol. The number of rotatable bonds is 0. The van der Waals surface area contributed by atoms with Gasteiger partial charge < -0.3 is 6.42 Å². The van der Waals surface area contributed by atoms with Crippen LogP contribution >= 0.6 is 0 Å². The first-order chi connectivity index (χ1) is 1.91. The molecular formula is C4H3Cu. The molecule has 0 rings (SSSR count). The fraction of sp³-hybridized carbons (Fsp3) is 0. The van der Waals surface area contributed by atoms with E-state index in [0.717, 1.165) is 0 Å². The molecule has 0 spiro atoms. The van der Waals surface area contributed by atoms with Crippen molar-refractivity contribution >= 4 is 0 Å². The molecule has 0 aromatic carbocycles. The third kappa shape index (κ3) is 18.8. The maximum Gasteiger partial charge on any atom is 1.00 e. The molecule has 0 aromatic rings. The molecule has 30 valence electrons. The van der Waals surface area contributed by atoms with Crippen LogP contribution < -0.4 is 0 Å². The van der Waals surface area contributed by atoms with E-state index in [2.05, 4.69) is 6.58 Å². The molecule has 0 nitrogen and oxygen atoms in total. The Morgan fingerprint density at radius 2 is 2.00 bits per heavy atom. The van der Waals surface area contributed by atoms with Crippen LogP contribution in [0.15, 0.2) is 12.7 Å². The molecule has 1 heteroatoms. The van der Waals surface area contributed by atoms with Crippen LogP contribution in [0, 0.1) is 12.3 Å². The Kier molecular flexibility index (Phi) is 16.2. The molecule has 0 radical (unpaired) electrons. The van der Waals surface area contributed by atoms with Crippen molar-refractivity contribution in [3.05, 3.63) is 19.1 Å². The minimum atomic E-state index is 0. The summed E-state index contributed by atoms with van der Waals surface area (Å²) in [5.41, 5.74) is 0. The van der Waals surface area contributed by atoms with Gasteiger partial charge in [0.05, 0.1) is 0 Å². The largest absolute Gasteiger partial charge is 1.00 e. The predicted octanol–water partition coefficient (Wildman–Crippen LogP) is 0.760. The second kappa shape index (κ2) is 9.17. The molecule has 0 bridgehead atoms. The minimum Gasteiger partial charge on any atom is -0.366 e. The van der Waals surface area contributed by atoms with Gasteiger partial charge in [-0.1, -0.05) is 0 Å². The molecule has 5 heavy (non-hydrogen) atoms. The summed E-state index contributed by atoms with van der Waals surface area (Å²) < 4.78 is 0. The third-order valence-electron chi connectivity index (χ3n) is 0.102. The van der Waals surface area contributed by atoms with Crippen molar-refractivity contribution < 1.29 is 17.1 Å². The standard InChI is InChI=1S/C4H3.Cu/c1-3-4-2;/h3H,1H2;/q-1;+1. The van der Waals surface area contributed by atoms with Crippen LogP contribution in [-0.2, 0) is 17.1 Å². The Morgan fingerprint density at radius 1 is 1.80 bits per heavy atom. The molecule has 0 saturated carbocycles. The van der Waals surface area contributed by atoms with Crippen molar-refractivity contribution in [2.75, 3.05) is 0 Å². The summed E-state index contributed by atoms with van der Waals surface area (Å²) in [6.07, 6.45) is 7.38. The molecule has 0 heterocycles. The van der Waals surface area contributed by atoms with Crippen LogP contribution in [0.4, 0.5) is 0 Å². The third-order valence-corrected chi connectivity index (χ3v) is 0.102. The number of hydrogen-bond acceptors (Lipinski definition) is 0. The molecule has 0 fully saturated rings. The van der Waals surface area contributed by atoms with Crippen LogP contribution in [0.25, 0.3) is 0 Å². The summed E-state index contributed by atoms with van der Waals surface area (Å²) in [5, 5.41) is 0. The predicted molar refractivity (Wildman–Crippen MR) is 17.3 cm³/mol. The summed E-state index contributed by atoms with van der Waals surface area (Å²) in [6, 6.07) is 0. The fourth-order valence-corrected chi connectivity index (χ4v) is 0. The maximum atomic E-state index is 6.08. The fourth-order valence-electron chi connectivity index (χ4n) is 0. The van der Waals surface area contributed by atoms with Crippen molar-refractivity contribution in [3.8, 4) is 5.92 Å². The van der Waals surface area contributed by atoms with E-state index in [4.69, 9.17) is 6.42 Å². The van der Waals surface area contributed by atoms with Crippen LogP contribution in [0.1, 0.15) is 0 Å². The Labute approximate surface area is 42.7 Å². The van der Waals surface area contributed by atoms with Gasteiger partial charge in [0.1, 0.15) is 0 Å². The molecule has 0 atom stereocenters. The van der Waals surface area contributed by atoms with Crippen molar-refractivity contribution in [2.24, 2.45) is 0 Å². The smallest absolute Gasteiger partial charge is 0.366 e. The van der Waals surface area contributed by atoms with Crippen molar-refractivity contribution in [3.63, 3.8) is 0 Å². The summed E-state index contributed by atoms with van der Waals surface area (Å²) in [4.78, 5) is 0. The summed E-state index contributed by atoms with van der Waals surface area (Å²) in [7, 11) is 0. The van der Waals surface area contributed by atoms with E-state index in [9.17, 15) is 0 Å². The second-order valence-corrected chi connectivity index (χ2v) is 0.348. The Balaban J connectivity index is 0. The Morgan fingerprint density at radius 3 is 2.00 bits per heavy atom. The second-order valence-electron chi connectivity index (χ2n) is 0.348. The molecule has 0 aliphatic rings. The monoisotopic (exact) mass is 114 g/mol. The van der Waals surface area contributed by atoms with E-state index in [1.165, 1.54) is 6.08 Å². The first-order valence-electron chi connectivity index (χ1n) is 0.947. The van der Waals surface area contributed by atoms with Gasteiger partial charge in [-0.05, 0) is 0 Å². The topological polar surface area (TPSA) is 0 Å². The molecule has 0 aliphatic carbocycles. The zero-order chi connectivity index (χ0) is 3.41. The molecule has 0 aliphatic heterocycles. The van der Waals surface area contributed by atoms with E-state index in [1.54, 1.807) is 0 Å². The van der Waals surface area contributed by atoms with Crippen LogP contribution in [-0.4, -0.2) is 0 Å². The van der Waals surface area contributed by atoms with Gasteiger partial charge in [-0.15, -0.1) is 0 Å². The Bertz CT molecular complexity index is 49.2. The van der Waals surface area contributed by atoms with Crippen molar-refractivity contribution in [1.82, 2.24) is 0 Å². The molecule has 0 N–H and O–H groups in total. The molecule has 0 aromatic heterocycles. The molecular weight excluding hydrogens is 112 g/mol. The summed E-state index contributed by atoms with van der Waals surface area (Å²) >= 11 is 0. The van der Waals surface area contributed by atoms with Gasteiger partial charge in [-0.2, -0.15) is 12.7 Å². The summed E-state index contributed by atoms with van der Waals surface area (Å²) in [5.74, 6) is 1.94. The van der Waals surface area contributed by atoms with Crippen LogP contribution in [0.2, 0.25) is 0 Å². The van der Waals surface area contributed by atoms with Gasteiger partial charge in [0.15, 0.2) is 0 Å². The van der Waals surface area contributed by atoms with Crippen LogP contribution in [0.3, 0.4) is 0 Å². The SMILES string of the molecule is [C-]#CC=C.[Cu+]. The minimum absolute atomic E-state index is 0.